The van der Waals surface area contributed by atoms with Gasteiger partial charge in [0.05, 0.1) is 28.3 Å². The molecule has 0 saturated heterocycles. The Labute approximate surface area is 318 Å². The number of aromatic nitrogens is 3. The molecule has 0 spiro atoms. The molecule has 10 aromatic rings. The molecule has 0 fully saturated rings. The predicted molar refractivity (Wildman–Crippen MR) is 229 cm³/mol. The lowest BCUT2D eigenvalue weighted by Crippen LogP contribution is -2.30. The van der Waals surface area contributed by atoms with Gasteiger partial charge < -0.3 is 9.47 Å². The third kappa shape index (κ3) is 4.37. The fraction of sp³-hybridized carbons (Fsp3) is 0.0392. The maximum atomic E-state index is 5.48. The number of imidazole rings is 1. The molecule has 258 valence electrons. The van der Waals surface area contributed by atoms with Gasteiger partial charge >= 0.3 is 0 Å². The van der Waals surface area contributed by atoms with Crippen LogP contribution in [0.2, 0.25) is 0 Å². The van der Waals surface area contributed by atoms with Crippen molar-refractivity contribution in [2.24, 2.45) is 0 Å². The molecule has 2 aliphatic rings. The highest BCUT2D eigenvalue weighted by Gasteiger charge is 2.39. The summed E-state index contributed by atoms with van der Waals surface area (Å²) in [6.07, 6.45) is 3.39. The van der Waals surface area contributed by atoms with Crippen LogP contribution in [0.1, 0.15) is 16.8 Å². The van der Waals surface area contributed by atoms with E-state index >= 15 is 0 Å². The molecule has 3 heterocycles. The van der Waals surface area contributed by atoms with Crippen molar-refractivity contribution in [1.82, 2.24) is 14.1 Å². The number of hydrogen-bond acceptors (Lipinski definition) is 2. The van der Waals surface area contributed by atoms with Gasteiger partial charge in [0, 0.05) is 56.5 Å². The largest absolute Gasteiger partial charge is 0.333 e. The Bertz CT molecular complexity index is 3190. The molecular formula is C51H34N4. The first-order valence-electron chi connectivity index (χ1n) is 19.1. The maximum Gasteiger partial charge on any atom is 0.145 e. The molecule has 4 nitrogen and oxygen atoms in total. The minimum Gasteiger partial charge on any atom is -0.333 e. The van der Waals surface area contributed by atoms with Crippen molar-refractivity contribution in [3.8, 4) is 22.8 Å². The Kier molecular flexibility index (Phi) is 6.43. The number of nitrogens with zero attached hydrogens (tertiary/aromatic N) is 4. The number of benzene rings is 8. The highest BCUT2D eigenvalue weighted by atomic mass is 15.2. The molecule has 0 radical (unpaired) electrons. The third-order valence-electron chi connectivity index (χ3n) is 11.8. The minimum absolute atomic E-state index is 0.215. The average Bonchev–Trinajstić information content (AvgIpc) is 3.92. The molecule has 0 N–H and O–H groups in total. The van der Waals surface area contributed by atoms with Crippen LogP contribution >= 0.6 is 0 Å². The molecule has 1 aliphatic carbocycles. The van der Waals surface area contributed by atoms with Crippen LogP contribution in [-0.2, 0) is 6.42 Å². The first-order valence-corrected chi connectivity index (χ1v) is 19.1. The number of anilines is 2. The van der Waals surface area contributed by atoms with Crippen LogP contribution in [0.3, 0.4) is 0 Å². The lowest BCUT2D eigenvalue weighted by molar-refractivity contribution is 0.806. The third-order valence-corrected chi connectivity index (χ3v) is 11.8. The van der Waals surface area contributed by atoms with E-state index in [-0.39, 0.29) is 6.04 Å². The van der Waals surface area contributed by atoms with Gasteiger partial charge in [-0.25, -0.2) is 4.98 Å². The fourth-order valence-electron chi connectivity index (χ4n) is 9.52. The topological polar surface area (TPSA) is 26.0 Å². The quantitative estimate of drug-likeness (QED) is 0.171. The first-order chi connectivity index (χ1) is 27.3. The summed E-state index contributed by atoms with van der Waals surface area (Å²) in [5.41, 5.74) is 14.5. The van der Waals surface area contributed by atoms with Crippen LogP contribution < -0.4 is 4.90 Å². The zero-order valence-electron chi connectivity index (χ0n) is 30.0. The van der Waals surface area contributed by atoms with Crippen LogP contribution in [-0.4, -0.2) is 20.2 Å². The SMILES string of the molecule is C1=C2c3ccccc3N(c3ccccc3)C2Cc2c1n(-c1cccc(-n3c(-c4ccccc4)nc4c5ccccc5c5ccccc5c43)c1)c1ccccc21. The number of fused-ring (bicyclic) bond motifs is 12. The zero-order chi connectivity index (χ0) is 36.0. The summed E-state index contributed by atoms with van der Waals surface area (Å²) in [5, 5.41) is 6.11. The van der Waals surface area contributed by atoms with E-state index in [1.165, 1.54) is 60.8 Å². The summed E-state index contributed by atoms with van der Waals surface area (Å²) in [7, 11) is 0. The molecule has 1 aliphatic heterocycles. The minimum atomic E-state index is 0.215. The Morgan fingerprint density at radius 3 is 1.89 bits per heavy atom. The molecule has 0 saturated carbocycles. The van der Waals surface area contributed by atoms with Crippen molar-refractivity contribution in [2.45, 2.75) is 12.5 Å². The second kappa shape index (κ2) is 11.7. The van der Waals surface area contributed by atoms with E-state index in [1.54, 1.807) is 0 Å². The van der Waals surface area contributed by atoms with Gasteiger partial charge in [-0.1, -0.05) is 140 Å². The van der Waals surface area contributed by atoms with Gasteiger partial charge in [0.25, 0.3) is 0 Å². The molecule has 8 aromatic carbocycles. The van der Waals surface area contributed by atoms with E-state index in [4.69, 9.17) is 4.98 Å². The van der Waals surface area contributed by atoms with Gasteiger partial charge in [-0.3, -0.25) is 4.57 Å². The summed E-state index contributed by atoms with van der Waals surface area (Å²) in [4.78, 5) is 8.02. The summed E-state index contributed by atoms with van der Waals surface area (Å²) in [6, 6.07) is 66.0. The van der Waals surface area contributed by atoms with Gasteiger partial charge in [0.1, 0.15) is 5.82 Å². The smallest absolute Gasteiger partial charge is 0.145 e. The van der Waals surface area contributed by atoms with Crippen molar-refractivity contribution < 1.29 is 0 Å². The molecular weight excluding hydrogens is 669 g/mol. The van der Waals surface area contributed by atoms with Crippen molar-refractivity contribution in [1.29, 1.82) is 0 Å². The lowest BCUT2D eigenvalue weighted by atomic mass is 9.89. The monoisotopic (exact) mass is 702 g/mol. The van der Waals surface area contributed by atoms with Crippen molar-refractivity contribution >= 4 is 66.5 Å². The second-order valence-electron chi connectivity index (χ2n) is 14.7. The van der Waals surface area contributed by atoms with Crippen LogP contribution in [0.15, 0.2) is 182 Å². The molecule has 2 aromatic heterocycles. The highest BCUT2D eigenvalue weighted by Crippen LogP contribution is 2.50. The molecule has 0 amide bonds. The van der Waals surface area contributed by atoms with Gasteiger partial charge in [-0.15, -0.1) is 0 Å². The van der Waals surface area contributed by atoms with Gasteiger partial charge in [-0.05, 0) is 70.4 Å². The first kappa shape index (κ1) is 30.3. The highest BCUT2D eigenvalue weighted by molar-refractivity contribution is 6.24. The maximum absolute atomic E-state index is 5.48. The van der Waals surface area contributed by atoms with Crippen LogP contribution in [0, 0.1) is 0 Å². The van der Waals surface area contributed by atoms with E-state index in [9.17, 15) is 0 Å². The second-order valence-corrected chi connectivity index (χ2v) is 14.7. The summed E-state index contributed by atoms with van der Waals surface area (Å²) in [5.74, 6) is 0.933. The van der Waals surface area contributed by atoms with E-state index in [0.717, 1.165) is 45.6 Å². The van der Waals surface area contributed by atoms with Gasteiger partial charge in [-0.2, -0.15) is 0 Å². The number of rotatable bonds is 4. The Morgan fingerprint density at radius 2 is 1.09 bits per heavy atom. The number of para-hydroxylation sites is 3. The normalized spacial score (nSPS) is 14.7. The van der Waals surface area contributed by atoms with Gasteiger partial charge in [0.15, 0.2) is 0 Å². The molecule has 55 heavy (non-hydrogen) atoms. The summed E-state index contributed by atoms with van der Waals surface area (Å²) >= 11 is 0. The molecule has 1 atom stereocenters. The van der Waals surface area contributed by atoms with Gasteiger partial charge in [0.2, 0.25) is 0 Å². The fourth-order valence-corrected chi connectivity index (χ4v) is 9.52. The zero-order valence-corrected chi connectivity index (χ0v) is 30.0. The standard InChI is InChI=1S/C51H34N4/c1-3-16-33(17-4-1)51-52-49-41-26-9-7-22-37(41)38-23-8-10-27-42(38)50(49)55(51)36-21-15-20-35(30-36)54-46-29-14-12-25-40(46)44-31-47-43(32-48(44)54)39-24-11-13-28-45(39)53(47)34-18-5-2-6-19-34/h1-30,32,47H,31H2. The van der Waals surface area contributed by atoms with E-state index in [0.29, 0.717) is 0 Å². The molecule has 4 heteroatoms. The lowest BCUT2D eigenvalue weighted by Gasteiger charge is -2.30. The van der Waals surface area contributed by atoms with Crippen molar-refractivity contribution in [2.75, 3.05) is 4.90 Å². The Balaban J connectivity index is 1.11. The van der Waals surface area contributed by atoms with E-state index in [2.05, 4.69) is 202 Å². The average molecular weight is 703 g/mol. The van der Waals surface area contributed by atoms with Crippen molar-refractivity contribution in [3.63, 3.8) is 0 Å². The Morgan fingerprint density at radius 1 is 0.491 bits per heavy atom. The Hall–Kier alpha value is -7.17. The van der Waals surface area contributed by atoms with Crippen LogP contribution in [0.4, 0.5) is 11.4 Å². The summed E-state index contributed by atoms with van der Waals surface area (Å²) < 4.78 is 4.88. The molecule has 12 rings (SSSR count). The number of hydrogen-bond donors (Lipinski definition) is 0. The van der Waals surface area contributed by atoms with Crippen LogP contribution in [0.25, 0.3) is 77.9 Å². The molecule has 0 bridgehead atoms. The van der Waals surface area contributed by atoms with Crippen LogP contribution in [0.5, 0.6) is 0 Å². The van der Waals surface area contributed by atoms with E-state index in [1.807, 2.05) is 0 Å². The van der Waals surface area contributed by atoms with Crippen molar-refractivity contribution in [3.05, 3.63) is 199 Å². The predicted octanol–water partition coefficient (Wildman–Crippen LogP) is 12.6. The molecule has 1 unspecified atom stereocenters. The summed E-state index contributed by atoms with van der Waals surface area (Å²) in [6.45, 7) is 0. The van der Waals surface area contributed by atoms with E-state index < -0.39 is 0 Å².